The Labute approximate surface area is 118 Å². The number of likely N-dealkylation sites (tertiary alicyclic amines) is 1. The third-order valence-electron chi connectivity index (χ3n) is 3.68. The monoisotopic (exact) mass is 274 g/mol. The van der Waals surface area contributed by atoms with Crippen molar-refractivity contribution in [1.82, 2.24) is 4.90 Å². The molecule has 1 aromatic carbocycles. The Kier molecular flexibility index (Phi) is 4.53. The van der Waals surface area contributed by atoms with Crippen LogP contribution in [0.4, 0.5) is 11.4 Å². The van der Waals surface area contributed by atoms with Gasteiger partial charge < -0.3 is 5.32 Å². The van der Waals surface area contributed by atoms with Crippen LogP contribution >= 0.6 is 0 Å². The topological polar surface area (TPSA) is 82.2 Å². The van der Waals surface area contributed by atoms with E-state index in [1.165, 1.54) is 6.07 Å². The van der Waals surface area contributed by atoms with Gasteiger partial charge in [-0.1, -0.05) is 12.1 Å². The smallest absolute Gasteiger partial charge is 0.292 e. The van der Waals surface area contributed by atoms with Crippen molar-refractivity contribution in [3.8, 4) is 6.07 Å². The molecule has 0 aromatic heterocycles. The van der Waals surface area contributed by atoms with E-state index in [4.69, 9.17) is 5.26 Å². The van der Waals surface area contributed by atoms with E-state index in [1.807, 2.05) is 13.0 Å². The lowest BCUT2D eigenvalue weighted by atomic mass is 10.0. The van der Waals surface area contributed by atoms with Gasteiger partial charge in [0.1, 0.15) is 5.69 Å². The summed E-state index contributed by atoms with van der Waals surface area (Å²) >= 11 is 0. The van der Waals surface area contributed by atoms with Gasteiger partial charge in [-0.15, -0.1) is 0 Å². The van der Waals surface area contributed by atoms with Crippen molar-refractivity contribution in [3.63, 3.8) is 0 Å². The Hall–Kier alpha value is -2.13. The van der Waals surface area contributed by atoms with Crippen LogP contribution in [0.3, 0.4) is 0 Å². The molecule has 6 nitrogen and oxygen atoms in total. The molecule has 1 aliphatic rings. The van der Waals surface area contributed by atoms with Crippen LogP contribution in [0.5, 0.6) is 0 Å². The zero-order valence-electron chi connectivity index (χ0n) is 11.5. The maximum atomic E-state index is 11.1. The third kappa shape index (κ3) is 3.25. The summed E-state index contributed by atoms with van der Waals surface area (Å²) in [6.07, 6.45) is 1.79. The molecular formula is C14H18N4O2. The van der Waals surface area contributed by atoms with Gasteiger partial charge in [0, 0.05) is 25.2 Å². The highest BCUT2D eigenvalue weighted by Gasteiger charge is 2.22. The normalized spacial score (nSPS) is 16.6. The van der Waals surface area contributed by atoms with Crippen molar-refractivity contribution in [2.75, 3.05) is 25.0 Å². The number of nitro benzene ring substituents is 1. The summed E-state index contributed by atoms with van der Waals surface area (Å²) in [5, 5.41) is 23.1. The Balaban J connectivity index is 2.05. The van der Waals surface area contributed by atoms with E-state index < -0.39 is 0 Å². The van der Waals surface area contributed by atoms with E-state index in [-0.39, 0.29) is 16.7 Å². The Morgan fingerprint density at radius 2 is 2.20 bits per heavy atom. The van der Waals surface area contributed by atoms with Gasteiger partial charge in [-0.25, -0.2) is 0 Å². The highest BCUT2D eigenvalue weighted by Crippen LogP contribution is 2.29. The number of nitro groups is 1. The second-order valence-electron chi connectivity index (χ2n) is 5.08. The van der Waals surface area contributed by atoms with Crippen LogP contribution in [0.2, 0.25) is 0 Å². The van der Waals surface area contributed by atoms with Crippen LogP contribution in [0.1, 0.15) is 18.4 Å². The van der Waals surface area contributed by atoms with Gasteiger partial charge in [0.2, 0.25) is 0 Å². The largest absolute Gasteiger partial charge is 0.376 e. The van der Waals surface area contributed by atoms with E-state index in [1.54, 1.807) is 6.07 Å². The minimum Gasteiger partial charge on any atom is -0.376 e. The standard InChI is InChI=1S/C14H18N4O2/c1-11-3-2-4-13(18(19)20)14(11)16-12-5-8-17(9-6-12)10-7-15/h2-4,12,16H,5-6,8-10H2,1H3. The molecule has 1 heterocycles. The summed E-state index contributed by atoms with van der Waals surface area (Å²) in [4.78, 5) is 12.8. The number of nitrogens with one attached hydrogen (secondary N) is 1. The molecule has 0 spiro atoms. The molecule has 20 heavy (non-hydrogen) atoms. The highest BCUT2D eigenvalue weighted by atomic mass is 16.6. The van der Waals surface area contributed by atoms with Crippen molar-refractivity contribution in [2.24, 2.45) is 0 Å². The molecule has 0 amide bonds. The number of para-hydroxylation sites is 1. The van der Waals surface area contributed by atoms with Crippen LogP contribution in [-0.2, 0) is 0 Å². The lowest BCUT2D eigenvalue weighted by Crippen LogP contribution is -2.39. The van der Waals surface area contributed by atoms with Gasteiger partial charge >= 0.3 is 0 Å². The molecule has 0 radical (unpaired) electrons. The summed E-state index contributed by atoms with van der Waals surface area (Å²) in [6, 6.07) is 7.48. The van der Waals surface area contributed by atoms with Gasteiger partial charge in [0.15, 0.2) is 0 Å². The molecule has 0 unspecified atom stereocenters. The van der Waals surface area contributed by atoms with E-state index in [9.17, 15) is 10.1 Å². The van der Waals surface area contributed by atoms with E-state index in [2.05, 4.69) is 16.3 Å². The number of hydrogen-bond donors (Lipinski definition) is 1. The number of anilines is 1. The molecule has 106 valence electrons. The van der Waals surface area contributed by atoms with E-state index >= 15 is 0 Å². The predicted octanol–water partition coefficient (Wildman–Crippen LogP) is 2.30. The molecule has 6 heteroatoms. The van der Waals surface area contributed by atoms with Gasteiger partial charge in [0.05, 0.1) is 17.5 Å². The van der Waals surface area contributed by atoms with Crippen LogP contribution < -0.4 is 5.32 Å². The van der Waals surface area contributed by atoms with Crippen LogP contribution in [0.15, 0.2) is 18.2 Å². The minimum absolute atomic E-state index is 0.129. The van der Waals surface area contributed by atoms with Gasteiger partial charge in [-0.3, -0.25) is 15.0 Å². The Morgan fingerprint density at radius 1 is 1.50 bits per heavy atom. The van der Waals surface area contributed by atoms with Crippen molar-refractivity contribution >= 4 is 11.4 Å². The molecule has 0 atom stereocenters. The molecule has 0 aliphatic carbocycles. The third-order valence-corrected chi connectivity index (χ3v) is 3.68. The molecule has 2 rings (SSSR count). The average molecular weight is 274 g/mol. The molecule has 1 aliphatic heterocycles. The first-order valence-electron chi connectivity index (χ1n) is 6.71. The fourth-order valence-corrected chi connectivity index (χ4v) is 2.53. The number of rotatable bonds is 4. The van der Waals surface area contributed by atoms with Crippen molar-refractivity contribution in [1.29, 1.82) is 5.26 Å². The number of piperidine rings is 1. The second-order valence-corrected chi connectivity index (χ2v) is 5.08. The molecule has 1 saturated heterocycles. The molecule has 1 aromatic rings. The number of benzene rings is 1. The SMILES string of the molecule is Cc1cccc([N+](=O)[O-])c1NC1CCN(CC#N)CC1. The molecule has 0 bridgehead atoms. The number of nitriles is 1. The molecular weight excluding hydrogens is 256 g/mol. The average Bonchev–Trinajstić information content (AvgIpc) is 2.43. The zero-order chi connectivity index (χ0) is 14.5. The van der Waals surface area contributed by atoms with Gasteiger partial charge in [-0.05, 0) is 25.3 Å². The summed E-state index contributed by atoms with van der Waals surface area (Å²) < 4.78 is 0. The summed E-state index contributed by atoms with van der Waals surface area (Å²) in [6.45, 7) is 4.03. The van der Waals surface area contributed by atoms with Crippen LogP contribution in [-0.4, -0.2) is 35.5 Å². The van der Waals surface area contributed by atoms with Gasteiger partial charge in [0.25, 0.3) is 5.69 Å². The number of aryl methyl sites for hydroxylation is 1. The maximum absolute atomic E-state index is 11.1. The number of nitrogens with zero attached hydrogens (tertiary/aromatic N) is 3. The first kappa shape index (κ1) is 14.3. The molecule has 0 saturated carbocycles. The predicted molar refractivity (Wildman–Crippen MR) is 76.5 cm³/mol. The van der Waals surface area contributed by atoms with E-state index in [0.29, 0.717) is 12.2 Å². The summed E-state index contributed by atoms with van der Waals surface area (Å²) in [7, 11) is 0. The first-order chi connectivity index (χ1) is 9.61. The van der Waals surface area contributed by atoms with E-state index in [0.717, 1.165) is 31.5 Å². The van der Waals surface area contributed by atoms with Crippen LogP contribution in [0, 0.1) is 28.4 Å². The Bertz CT molecular complexity index is 530. The summed E-state index contributed by atoms with van der Waals surface area (Å²) in [5.41, 5.74) is 1.64. The lowest BCUT2D eigenvalue weighted by Gasteiger charge is -2.31. The first-order valence-corrected chi connectivity index (χ1v) is 6.71. The quantitative estimate of drug-likeness (QED) is 0.517. The van der Waals surface area contributed by atoms with Crippen molar-refractivity contribution < 1.29 is 4.92 Å². The van der Waals surface area contributed by atoms with Gasteiger partial charge in [-0.2, -0.15) is 5.26 Å². The van der Waals surface area contributed by atoms with Crippen LogP contribution in [0.25, 0.3) is 0 Å². The lowest BCUT2D eigenvalue weighted by molar-refractivity contribution is -0.384. The second kappa shape index (κ2) is 6.35. The minimum atomic E-state index is -0.347. The fourth-order valence-electron chi connectivity index (χ4n) is 2.53. The zero-order valence-corrected chi connectivity index (χ0v) is 11.5. The Morgan fingerprint density at radius 3 is 2.80 bits per heavy atom. The fraction of sp³-hybridized carbons (Fsp3) is 0.500. The molecule has 1 N–H and O–H groups in total. The number of hydrogen-bond acceptors (Lipinski definition) is 5. The van der Waals surface area contributed by atoms with Crippen molar-refractivity contribution in [2.45, 2.75) is 25.8 Å². The maximum Gasteiger partial charge on any atom is 0.292 e. The summed E-state index contributed by atoms with van der Waals surface area (Å²) in [5.74, 6) is 0. The van der Waals surface area contributed by atoms with Crippen molar-refractivity contribution in [3.05, 3.63) is 33.9 Å². The highest BCUT2D eigenvalue weighted by molar-refractivity contribution is 5.66. The molecule has 1 fully saturated rings.